The van der Waals surface area contributed by atoms with Gasteiger partial charge in [0.1, 0.15) is 4.64 Å². The lowest BCUT2D eigenvalue weighted by atomic mass is 10.2. The zero-order valence-corrected chi connectivity index (χ0v) is 7.82. The minimum atomic E-state index is 0.639. The van der Waals surface area contributed by atoms with Gasteiger partial charge in [0.05, 0.1) is 0 Å². The van der Waals surface area contributed by atoms with Gasteiger partial charge in [-0.25, -0.2) is 0 Å². The molecule has 0 atom stereocenters. The van der Waals surface area contributed by atoms with Crippen molar-refractivity contribution in [1.82, 2.24) is 25.3 Å². The zero-order chi connectivity index (χ0) is 9.54. The topological polar surface area (TPSA) is 58.9 Å². The normalized spacial score (nSPS) is 11.1. The fourth-order valence-corrected chi connectivity index (χ4v) is 1.73. The Morgan fingerprint density at radius 3 is 2.86 bits per heavy atom. The van der Waals surface area contributed by atoms with Crippen LogP contribution in [0.3, 0.4) is 0 Å². The number of rotatable bonds is 0. The van der Waals surface area contributed by atoms with Crippen molar-refractivity contribution in [2.45, 2.75) is 0 Å². The van der Waals surface area contributed by atoms with Crippen LogP contribution in [0, 0.1) is 4.64 Å². The average molecular weight is 203 g/mol. The van der Waals surface area contributed by atoms with Gasteiger partial charge in [-0.1, -0.05) is 36.5 Å². The first-order chi connectivity index (χ1) is 6.86. The molecule has 0 saturated carbocycles. The van der Waals surface area contributed by atoms with E-state index in [1.54, 1.807) is 0 Å². The summed E-state index contributed by atoms with van der Waals surface area (Å²) in [5.74, 6) is 0. The van der Waals surface area contributed by atoms with E-state index < -0.39 is 0 Å². The van der Waals surface area contributed by atoms with Gasteiger partial charge >= 0.3 is 0 Å². The van der Waals surface area contributed by atoms with Crippen LogP contribution in [0.2, 0.25) is 0 Å². The standard InChI is InChI=1S/C8H5N5S/c14-8-6-4-2-1-3-5(6)7-9-11-12-13(7)10-8/h1-4H,(H,10,14). The highest BCUT2D eigenvalue weighted by Crippen LogP contribution is 2.16. The van der Waals surface area contributed by atoms with Gasteiger partial charge in [-0.05, 0) is 10.4 Å². The predicted molar refractivity (Wildman–Crippen MR) is 53.5 cm³/mol. The van der Waals surface area contributed by atoms with Crippen LogP contribution < -0.4 is 0 Å². The number of H-pyrrole nitrogens is 1. The Bertz CT molecular complexity index is 668. The molecular formula is C8H5N5S. The van der Waals surface area contributed by atoms with Crippen LogP contribution in [0.15, 0.2) is 24.3 Å². The molecule has 5 nitrogen and oxygen atoms in total. The molecule has 0 radical (unpaired) electrons. The van der Waals surface area contributed by atoms with E-state index in [4.69, 9.17) is 12.2 Å². The fourth-order valence-electron chi connectivity index (χ4n) is 1.46. The highest BCUT2D eigenvalue weighted by molar-refractivity contribution is 7.71. The molecule has 0 aliphatic heterocycles. The van der Waals surface area contributed by atoms with Gasteiger partial charge < -0.3 is 0 Å². The van der Waals surface area contributed by atoms with Crippen LogP contribution >= 0.6 is 12.2 Å². The van der Waals surface area contributed by atoms with Gasteiger partial charge in [0, 0.05) is 10.8 Å². The fraction of sp³-hybridized carbons (Fsp3) is 0. The molecule has 2 aromatic heterocycles. The van der Waals surface area contributed by atoms with Crippen molar-refractivity contribution < 1.29 is 0 Å². The monoisotopic (exact) mass is 203 g/mol. The van der Waals surface area contributed by atoms with E-state index in [1.807, 2.05) is 24.3 Å². The number of hydrogen-bond acceptors (Lipinski definition) is 4. The number of aromatic amines is 1. The molecule has 0 aliphatic rings. The minimum Gasteiger partial charge on any atom is -0.264 e. The maximum absolute atomic E-state index is 5.18. The van der Waals surface area contributed by atoms with Gasteiger partial charge in [-0.3, -0.25) is 5.10 Å². The molecule has 1 aromatic carbocycles. The van der Waals surface area contributed by atoms with Crippen LogP contribution in [-0.2, 0) is 0 Å². The van der Waals surface area contributed by atoms with Gasteiger partial charge in [-0.2, -0.15) is 0 Å². The summed E-state index contributed by atoms with van der Waals surface area (Å²) in [7, 11) is 0. The second-order valence-electron chi connectivity index (χ2n) is 2.90. The summed E-state index contributed by atoms with van der Waals surface area (Å²) in [6, 6.07) is 7.77. The summed E-state index contributed by atoms with van der Waals surface area (Å²) in [5, 5.41) is 16.1. The number of fused-ring (bicyclic) bond motifs is 3. The molecule has 0 aliphatic carbocycles. The summed E-state index contributed by atoms with van der Waals surface area (Å²) in [4.78, 5) is 0. The summed E-state index contributed by atoms with van der Waals surface area (Å²) < 4.78 is 2.12. The molecule has 3 aromatic rings. The maximum atomic E-state index is 5.18. The summed E-state index contributed by atoms with van der Waals surface area (Å²) in [6.07, 6.45) is 0. The molecule has 0 bridgehead atoms. The third-order valence-corrected chi connectivity index (χ3v) is 2.40. The smallest absolute Gasteiger partial charge is 0.205 e. The van der Waals surface area contributed by atoms with Gasteiger partial charge in [0.2, 0.25) is 5.65 Å². The number of tetrazole rings is 1. The van der Waals surface area contributed by atoms with E-state index in [1.165, 1.54) is 4.63 Å². The Hall–Kier alpha value is -1.82. The quantitative estimate of drug-likeness (QED) is 0.560. The highest BCUT2D eigenvalue weighted by atomic mass is 32.1. The summed E-state index contributed by atoms with van der Waals surface area (Å²) in [6.45, 7) is 0. The van der Waals surface area contributed by atoms with Gasteiger partial charge in [-0.15, -0.1) is 9.73 Å². The van der Waals surface area contributed by atoms with Crippen LogP contribution in [-0.4, -0.2) is 25.3 Å². The van der Waals surface area contributed by atoms with Gasteiger partial charge in [0.15, 0.2) is 0 Å². The number of nitrogens with zero attached hydrogens (tertiary/aromatic N) is 4. The third kappa shape index (κ3) is 0.882. The first-order valence-electron chi connectivity index (χ1n) is 4.05. The van der Waals surface area contributed by atoms with Crippen molar-refractivity contribution in [3.63, 3.8) is 0 Å². The van der Waals surface area contributed by atoms with Crippen LogP contribution in [0.5, 0.6) is 0 Å². The van der Waals surface area contributed by atoms with Crippen molar-refractivity contribution in [2.75, 3.05) is 0 Å². The largest absolute Gasteiger partial charge is 0.264 e. The van der Waals surface area contributed by atoms with Crippen LogP contribution in [0.4, 0.5) is 0 Å². The molecule has 0 unspecified atom stereocenters. The average Bonchev–Trinajstić information content (AvgIpc) is 2.66. The Kier molecular flexibility index (Phi) is 1.40. The van der Waals surface area contributed by atoms with E-state index in [9.17, 15) is 0 Å². The van der Waals surface area contributed by atoms with E-state index in [0.717, 1.165) is 10.8 Å². The van der Waals surface area contributed by atoms with Crippen molar-refractivity contribution in [1.29, 1.82) is 0 Å². The summed E-state index contributed by atoms with van der Waals surface area (Å²) in [5.41, 5.74) is 0.689. The molecular weight excluding hydrogens is 198 g/mol. The summed E-state index contributed by atoms with van der Waals surface area (Å²) >= 11 is 5.18. The molecule has 0 spiro atoms. The Morgan fingerprint density at radius 1 is 1.21 bits per heavy atom. The van der Waals surface area contributed by atoms with Crippen LogP contribution in [0.25, 0.3) is 16.4 Å². The minimum absolute atomic E-state index is 0.639. The SMILES string of the molecule is S=c1[nH]n2nnnc2c2ccccc12. The number of nitrogens with one attached hydrogen (secondary N) is 1. The molecule has 14 heavy (non-hydrogen) atoms. The molecule has 0 fully saturated rings. The molecule has 1 N–H and O–H groups in total. The number of aromatic nitrogens is 5. The molecule has 2 heterocycles. The number of benzene rings is 1. The number of hydrogen-bond donors (Lipinski definition) is 1. The Morgan fingerprint density at radius 2 is 2.00 bits per heavy atom. The zero-order valence-electron chi connectivity index (χ0n) is 7.01. The second kappa shape index (κ2) is 2.58. The Balaban J connectivity index is 2.74. The second-order valence-corrected chi connectivity index (χ2v) is 3.31. The van der Waals surface area contributed by atoms with Crippen molar-refractivity contribution in [3.8, 4) is 0 Å². The lowest BCUT2D eigenvalue weighted by molar-refractivity contribution is 0.732. The maximum Gasteiger partial charge on any atom is 0.205 e. The molecule has 3 rings (SSSR count). The van der Waals surface area contributed by atoms with E-state index in [-0.39, 0.29) is 0 Å². The van der Waals surface area contributed by atoms with Crippen molar-refractivity contribution in [3.05, 3.63) is 28.9 Å². The van der Waals surface area contributed by atoms with Crippen LogP contribution in [0.1, 0.15) is 0 Å². The lowest BCUT2D eigenvalue weighted by Gasteiger charge is -1.97. The predicted octanol–water partition coefficient (Wildman–Crippen LogP) is 1.34. The van der Waals surface area contributed by atoms with Crippen molar-refractivity contribution >= 4 is 28.6 Å². The first kappa shape index (κ1) is 7.57. The molecule has 0 saturated heterocycles. The first-order valence-corrected chi connectivity index (χ1v) is 4.46. The molecule has 6 heteroatoms. The molecule has 0 amide bonds. The molecule has 68 valence electrons. The van der Waals surface area contributed by atoms with Gasteiger partial charge in [0.25, 0.3) is 0 Å². The highest BCUT2D eigenvalue weighted by Gasteiger charge is 2.03. The van der Waals surface area contributed by atoms with E-state index in [2.05, 4.69) is 20.6 Å². The van der Waals surface area contributed by atoms with E-state index in [0.29, 0.717) is 10.3 Å². The third-order valence-electron chi connectivity index (χ3n) is 2.09. The van der Waals surface area contributed by atoms with E-state index >= 15 is 0 Å². The van der Waals surface area contributed by atoms with Crippen molar-refractivity contribution in [2.24, 2.45) is 0 Å². The lowest BCUT2D eigenvalue weighted by Crippen LogP contribution is -1.95. The Labute approximate surface area is 83.3 Å².